The topological polar surface area (TPSA) is 81.1 Å². The summed E-state index contributed by atoms with van der Waals surface area (Å²) in [6.07, 6.45) is 0.972. The number of carbonyl (C=O) groups excluding carboxylic acids is 1. The van der Waals surface area contributed by atoms with Crippen LogP contribution in [0.1, 0.15) is 23.1 Å². The minimum Gasteiger partial charge on any atom is -0.320 e. The van der Waals surface area contributed by atoms with E-state index in [2.05, 4.69) is 10.4 Å². The van der Waals surface area contributed by atoms with Gasteiger partial charge in [0, 0.05) is 24.2 Å². The van der Waals surface area contributed by atoms with Gasteiger partial charge in [0.05, 0.1) is 4.90 Å². The van der Waals surface area contributed by atoms with Crippen molar-refractivity contribution >= 4 is 21.4 Å². The molecular weight excluding hydrogens is 309 g/mol. The van der Waals surface area contributed by atoms with E-state index >= 15 is 0 Å². The first-order valence-corrected chi connectivity index (χ1v) is 8.46. The molecule has 1 N–H and O–H groups in total. The highest BCUT2D eigenvalue weighted by Crippen LogP contribution is 2.19. The average Bonchev–Trinajstić information content (AvgIpc) is 2.78. The van der Waals surface area contributed by atoms with Crippen LogP contribution in [0, 0.1) is 12.7 Å². The molecule has 0 saturated carbocycles. The first kappa shape index (κ1) is 16.2. The van der Waals surface area contributed by atoms with E-state index in [0.717, 1.165) is 24.1 Å². The van der Waals surface area contributed by atoms with E-state index < -0.39 is 21.6 Å². The van der Waals surface area contributed by atoms with Crippen LogP contribution in [-0.2, 0) is 16.4 Å². The summed E-state index contributed by atoms with van der Waals surface area (Å²) >= 11 is 0. The number of aromatic nitrogens is 2. The van der Waals surface area contributed by atoms with E-state index in [-0.39, 0.29) is 16.3 Å². The molecule has 8 heteroatoms. The van der Waals surface area contributed by atoms with Crippen LogP contribution in [0.25, 0.3) is 0 Å². The Hall–Kier alpha value is -2.22. The first-order chi connectivity index (χ1) is 10.2. The molecule has 0 aliphatic heterocycles. The Labute approximate surface area is 127 Å². The molecule has 2 rings (SSSR count). The number of carbonyl (C=O) groups is 1. The normalized spacial score (nSPS) is 11.5. The Balaban J connectivity index is 2.30. The van der Waals surface area contributed by atoms with Gasteiger partial charge in [0.15, 0.2) is 15.5 Å². The van der Waals surface area contributed by atoms with Gasteiger partial charge >= 0.3 is 0 Å². The standard InChI is InChI=1S/C14H16FN3O3S/c1-4-18-9(2)5-13(17-18)14(19)16-11-6-10(15)7-12(8-11)22(3,20)21/h5-8H,4H2,1-3H3,(H,16,19). The van der Waals surface area contributed by atoms with Gasteiger partial charge in [-0.05, 0) is 38.1 Å². The van der Waals surface area contributed by atoms with Gasteiger partial charge in [-0.3, -0.25) is 9.48 Å². The van der Waals surface area contributed by atoms with Crippen molar-refractivity contribution in [2.24, 2.45) is 0 Å². The third-order valence-corrected chi connectivity index (χ3v) is 4.16. The van der Waals surface area contributed by atoms with Gasteiger partial charge in [0.1, 0.15) is 5.82 Å². The van der Waals surface area contributed by atoms with Crippen molar-refractivity contribution in [3.63, 3.8) is 0 Å². The highest BCUT2D eigenvalue weighted by atomic mass is 32.2. The lowest BCUT2D eigenvalue weighted by Gasteiger charge is -2.06. The molecule has 2 aromatic rings. The molecule has 118 valence electrons. The predicted octanol–water partition coefficient (Wildman–Crippen LogP) is 2.01. The minimum absolute atomic E-state index is 0.0640. The smallest absolute Gasteiger partial charge is 0.276 e. The molecule has 1 aromatic carbocycles. The number of anilines is 1. The molecule has 22 heavy (non-hydrogen) atoms. The lowest BCUT2D eigenvalue weighted by molar-refractivity contribution is 0.102. The predicted molar refractivity (Wildman–Crippen MR) is 80.1 cm³/mol. The highest BCUT2D eigenvalue weighted by molar-refractivity contribution is 7.90. The van der Waals surface area contributed by atoms with Crippen molar-refractivity contribution in [1.82, 2.24) is 9.78 Å². The third kappa shape index (κ3) is 3.51. The molecule has 1 amide bonds. The van der Waals surface area contributed by atoms with Gasteiger partial charge in [0.25, 0.3) is 5.91 Å². The number of sulfone groups is 1. The molecule has 0 aliphatic rings. The molecule has 0 atom stereocenters. The molecule has 1 heterocycles. The van der Waals surface area contributed by atoms with Crippen LogP contribution in [0.3, 0.4) is 0 Å². The fourth-order valence-electron chi connectivity index (χ4n) is 1.99. The molecule has 0 unspecified atom stereocenters. The van der Waals surface area contributed by atoms with E-state index in [1.54, 1.807) is 10.7 Å². The largest absolute Gasteiger partial charge is 0.320 e. The van der Waals surface area contributed by atoms with E-state index in [9.17, 15) is 17.6 Å². The van der Waals surface area contributed by atoms with E-state index in [0.29, 0.717) is 6.54 Å². The number of amides is 1. The average molecular weight is 325 g/mol. The Morgan fingerprint density at radius 1 is 1.32 bits per heavy atom. The summed E-state index contributed by atoms with van der Waals surface area (Å²) in [6.45, 7) is 4.33. The van der Waals surface area contributed by atoms with Crippen LogP contribution < -0.4 is 5.32 Å². The lowest BCUT2D eigenvalue weighted by atomic mass is 10.3. The summed E-state index contributed by atoms with van der Waals surface area (Å²) in [5.74, 6) is -1.27. The second kappa shape index (κ2) is 5.88. The van der Waals surface area contributed by atoms with Crippen molar-refractivity contribution in [3.8, 4) is 0 Å². The number of benzene rings is 1. The Morgan fingerprint density at radius 2 is 2.00 bits per heavy atom. The summed E-state index contributed by atoms with van der Waals surface area (Å²) in [4.78, 5) is 11.9. The number of rotatable bonds is 4. The van der Waals surface area contributed by atoms with Crippen molar-refractivity contribution < 1.29 is 17.6 Å². The quantitative estimate of drug-likeness (QED) is 0.932. The number of hydrogen-bond donors (Lipinski definition) is 1. The Morgan fingerprint density at radius 3 is 2.55 bits per heavy atom. The zero-order valence-electron chi connectivity index (χ0n) is 12.4. The number of nitrogens with zero attached hydrogens (tertiary/aromatic N) is 2. The fourth-order valence-corrected chi connectivity index (χ4v) is 2.65. The van der Waals surface area contributed by atoms with Gasteiger partial charge < -0.3 is 5.32 Å². The van der Waals surface area contributed by atoms with Crippen molar-refractivity contribution in [2.45, 2.75) is 25.3 Å². The number of hydrogen-bond acceptors (Lipinski definition) is 4. The van der Waals surface area contributed by atoms with Crippen molar-refractivity contribution in [1.29, 1.82) is 0 Å². The van der Waals surface area contributed by atoms with Crippen molar-refractivity contribution in [3.05, 3.63) is 41.5 Å². The maximum atomic E-state index is 13.5. The van der Waals surface area contributed by atoms with Crippen LogP contribution in [0.5, 0.6) is 0 Å². The third-order valence-electron chi connectivity index (χ3n) is 3.07. The highest BCUT2D eigenvalue weighted by Gasteiger charge is 2.15. The fraction of sp³-hybridized carbons (Fsp3) is 0.286. The summed E-state index contributed by atoms with van der Waals surface area (Å²) in [6, 6.07) is 4.77. The number of halogens is 1. The van der Waals surface area contributed by atoms with Gasteiger partial charge in [-0.15, -0.1) is 0 Å². The molecular formula is C14H16FN3O3S. The van der Waals surface area contributed by atoms with Crippen LogP contribution in [0.4, 0.5) is 10.1 Å². The lowest BCUT2D eigenvalue weighted by Crippen LogP contribution is -2.14. The van der Waals surface area contributed by atoms with Crippen molar-refractivity contribution in [2.75, 3.05) is 11.6 Å². The molecule has 6 nitrogen and oxygen atoms in total. The maximum Gasteiger partial charge on any atom is 0.276 e. The second-order valence-electron chi connectivity index (χ2n) is 4.89. The molecule has 0 bridgehead atoms. The van der Waals surface area contributed by atoms with Crippen LogP contribution in [-0.4, -0.2) is 30.4 Å². The van der Waals surface area contributed by atoms with Gasteiger partial charge in [-0.25, -0.2) is 12.8 Å². The molecule has 0 radical (unpaired) electrons. The monoisotopic (exact) mass is 325 g/mol. The van der Waals surface area contributed by atoms with Crippen LogP contribution in [0.15, 0.2) is 29.2 Å². The minimum atomic E-state index is -3.57. The first-order valence-electron chi connectivity index (χ1n) is 6.57. The molecule has 0 aliphatic carbocycles. The van der Waals surface area contributed by atoms with Crippen LogP contribution >= 0.6 is 0 Å². The molecule has 1 aromatic heterocycles. The summed E-state index contributed by atoms with van der Waals surface area (Å²) in [5, 5.41) is 6.57. The summed E-state index contributed by atoms with van der Waals surface area (Å²) in [5.41, 5.74) is 1.07. The Bertz CT molecular complexity index is 828. The maximum absolute atomic E-state index is 13.5. The summed E-state index contributed by atoms with van der Waals surface area (Å²) < 4.78 is 38.1. The zero-order valence-corrected chi connectivity index (χ0v) is 13.2. The number of nitrogens with one attached hydrogen (secondary N) is 1. The molecule has 0 saturated heterocycles. The number of aryl methyl sites for hydroxylation is 2. The molecule has 0 fully saturated rings. The zero-order chi connectivity index (χ0) is 16.5. The summed E-state index contributed by atoms with van der Waals surface area (Å²) in [7, 11) is -3.57. The van der Waals surface area contributed by atoms with E-state index in [4.69, 9.17) is 0 Å². The second-order valence-corrected chi connectivity index (χ2v) is 6.90. The van der Waals surface area contributed by atoms with Gasteiger partial charge in [0.2, 0.25) is 0 Å². The molecule has 0 spiro atoms. The van der Waals surface area contributed by atoms with Crippen LogP contribution in [0.2, 0.25) is 0 Å². The Kier molecular flexibility index (Phi) is 4.32. The SMILES string of the molecule is CCn1nc(C(=O)Nc2cc(F)cc(S(C)(=O)=O)c2)cc1C. The van der Waals surface area contributed by atoms with E-state index in [1.165, 1.54) is 6.07 Å². The van der Waals surface area contributed by atoms with Gasteiger partial charge in [-0.1, -0.05) is 0 Å². The van der Waals surface area contributed by atoms with Gasteiger partial charge in [-0.2, -0.15) is 5.10 Å². The van der Waals surface area contributed by atoms with E-state index in [1.807, 2.05) is 13.8 Å².